The van der Waals surface area contributed by atoms with Gasteiger partial charge in [0.15, 0.2) is 0 Å². The second kappa shape index (κ2) is 5.68. The average molecular weight is 244 g/mol. The van der Waals surface area contributed by atoms with Crippen LogP contribution in [0, 0.1) is 0 Å². The summed E-state index contributed by atoms with van der Waals surface area (Å²) >= 11 is 0. The number of methoxy groups -OCH3 is 1. The predicted molar refractivity (Wildman–Crippen MR) is 57.5 cm³/mol. The topological polar surface area (TPSA) is 43.4 Å². The first-order chi connectivity index (χ1) is 7.24. The van der Waals surface area contributed by atoms with Crippen molar-refractivity contribution in [1.29, 1.82) is 0 Å². The van der Waals surface area contributed by atoms with E-state index in [1.807, 2.05) is 12.1 Å². The summed E-state index contributed by atoms with van der Waals surface area (Å²) in [6.07, 6.45) is 0. The Morgan fingerprint density at radius 1 is 1.00 bits per heavy atom. The molecule has 2 aromatic carbocycles. The van der Waals surface area contributed by atoms with Crippen molar-refractivity contribution < 1.29 is 42.7 Å². The van der Waals surface area contributed by atoms with Crippen molar-refractivity contribution in [3.63, 3.8) is 0 Å². The maximum atomic E-state index is 11.0. The minimum absolute atomic E-state index is 0. The Balaban J connectivity index is 0.00000128. The zero-order chi connectivity index (χ0) is 10.8. The van der Waals surface area contributed by atoms with Crippen LogP contribution in [0.5, 0.6) is 5.75 Å². The first-order valence-electron chi connectivity index (χ1n) is 4.39. The molecule has 0 aliphatic heterocycles. The van der Waals surface area contributed by atoms with Gasteiger partial charge >= 0.3 is 29.6 Å². The molecular weight excluding hydrogens is 235 g/mol. The van der Waals surface area contributed by atoms with Crippen LogP contribution >= 0.6 is 0 Å². The molecule has 0 radical (unpaired) electrons. The van der Waals surface area contributed by atoms with Crippen LogP contribution in [0.1, 0.15) is 0 Å². The van der Waals surface area contributed by atoms with Gasteiger partial charge < -0.3 is 13.2 Å². The molecule has 3 nitrogen and oxygen atoms in total. The van der Waals surface area contributed by atoms with Crippen LogP contribution in [-0.4, -0.2) is 7.11 Å². The van der Waals surface area contributed by atoms with Crippen LogP contribution in [0.15, 0.2) is 41.3 Å². The number of benzene rings is 2. The number of ether oxygens (including phenoxy) is 1. The van der Waals surface area contributed by atoms with E-state index in [4.69, 9.17) is 4.74 Å². The van der Waals surface area contributed by atoms with Gasteiger partial charge in [0.2, 0.25) is 0 Å². The third-order valence-corrected chi connectivity index (χ3v) is 2.96. The van der Waals surface area contributed by atoms with Gasteiger partial charge in [-0.2, -0.15) is 0 Å². The monoisotopic (exact) mass is 244 g/mol. The standard InChI is InChI=1S/C11H9O3S.Na/c1-14-10-6-7-11(15(12)13)9-5-3-2-4-8(9)10;/h2-7H,1H3;/q-1;+1. The molecule has 0 saturated carbocycles. The minimum atomic E-state index is -2.22. The van der Waals surface area contributed by atoms with E-state index in [0.717, 1.165) is 5.39 Å². The molecule has 0 aliphatic carbocycles. The molecule has 0 spiro atoms. The summed E-state index contributed by atoms with van der Waals surface area (Å²) in [5, 5.41) is 1.49. The molecule has 0 heterocycles. The Hall–Kier alpha value is -0.550. The summed E-state index contributed by atoms with van der Waals surface area (Å²) in [7, 11) is -0.654. The van der Waals surface area contributed by atoms with Gasteiger partial charge in [0, 0.05) is 5.39 Å². The van der Waals surface area contributed by atoms with Gasteiger partial charge in [0.05, 0.1) is 7.11 Å². The van der Waals surface area contributed by atoms with Gasteiger partial charge in [-0.25, -0.2) is 0 Å². The fourth-order valence-corrected chi connectivity index (χ4v) is 2.10. The maximum absolute atomic E-state index is 11.0. The van der Waals surface area contributed by atoms with Crippen molar-refractivity contribution >= 4 is 21.5 Å². The molecule has 2 aromatic rings. The van der Waals surface area contributed by atoms with Crippen molar-refractivity contribution in [2.24, 2.45) is 0 Å². The summed E-state index contributed by atoms with van der Waals surface area (Å²) in [4.78, 5) is 0.298. The smallest absolute Gasteiger partial charge is 0.496 e. The van der Waals surface area contributed by atoms with Gasteiger partial charge in [-0.3, -0.25) is 0 Å². The second-order valence-corrected chi connectivity index (χ2v) is 3.96. The van der Waals surface area contributed by atoms with Gasteiger partial charge in [-0.05, 0) is 22.2 Å². The third-order valence-electron chi connectivity index (χ3n) is 2.24. The third kappa shape index (κ3) is 2.40. The van der Waals surface area contributed by atoms with Crippen molar-refractivity contribution in [1.82, 2.24) is 0 Å². The van der Waals surface area contributed by atoms with Crippen LogP contribution in [0.2, 0.25) is 0 Å². The van der Waals surface area contributed by atoms with Crippen molar-refractivity contribution in [2.45, 2.75) is 4.90 Å². The minimum Gasteiger partial charge on any atom is -0.496 e. The maximum Gasteiger partial charge on any atom is 1.00 e. The summed E-state index contributed by atoms with van der Waals surface area (Å²) in [5.41, 5.74) is 0. The molecule has 16 heavy (non-hydrogen) atoms. The molecule has 0 N–H and O–H groups in total. The van der Waals surface area contributed by atoms with E-state index in [1.54, 1.807) is 31.4 Å². The van der Waals surface area contributed by atoms with Gasteiger partial charge in [0.1, 0.15) is 5.75 Å². The fourth-order valence-electron chi connectivity index (χ4n) is 1.57. The molecule has 2 rings (SSSR count). The summed E-state index contributed by atoms with van der Waals surface area (Å²) < 4.78 is 27.1. The molecule has 0 fully saturated rings. The summed E-state index contributed by atoms with van der Waals surface area (Å²) in [6.45, 7) is 0. The number of hydrogen-bond donors (Lipinski definition) is 0. The van der Waals surface area contributed by atoms with Crippen molar-refractivity contribution in [3.05, 3.63) is 36.4 Å². The molecule has 0 aliphatic rings. The Kier molecular flexibility index (Phi) is 4.80. The van der Waals surface area contributed by atoms with E-state index in [2.05, 4.69) is 0 Å². The van der Waals surface area contributed by atoms with E-state index >= 15 is 0 Å². The largest absolute Gasteiger partial charge is 1.00 e. The molecule has 78 valence electrons. The number of fused-ring (bicyclic) bond motifs is 1. The quantitative estimate of drug-likeness (QED) is 0.529. The average Bonchev–Trinajstić information content (AvgIpc) is 2.27. The molecule has 0 amide bonds. The van der Waals surface area contributed by atoms with Crippen LogP contribution in [0.25, 0.3) is 10.8 Å². The molecule has 0 atom stereocenters. The van der Waals surface area contributed by atoms with E-state index in [0.29, 0.717) is 16.0 Å². The molecule has 0 bridgehead atoms. The zero-order valence-electron chi connectivity index (χ0n) is 9.10. The second-order valence-electron chi connectivity index (χ2n) is 3.05. The van der Waals surface area contributed by atoms with Gasteiger partial charge in [-0.1, -0.05) is 35.2 Å². The Morgan fingerprint density at radius 2 is 1.62 bits per heavy atom. The molecule has 0 unspecified atom stereocenters. The van der Waals surface area contributed by atoms with Gasteiger partial charge in [-0.15, -0.1) is 0 Å². The van der Waals surface area contributed by atoms with Crippen LogP contribution < -0.4 is 34.3 Å². The Morgan fingerprint density at radius 3 is 2.19 bits per heavy atom. The van der Waals surface area contributed by atoms with Crippen LogP contribution in [0.4, 0.5) is 0 Å². The Bertz CT molecular complexity index is 570. The van der Waals surface area contributed by atoms with Crippen LogP contribution in [0.3, 0.4) is 0 Å². The zero-order valence-corrected chi connectivity index (χ0v) is 11.9. The van der Waals surface area contributed by atoms with Crippen LogP contribution in [-0.2, 0) is 19.1 Å². The molecular formula is C11H9NaO3S. The fraction of sp³-hybridized carbons (Fsp3) is 0.0909. The first-order valence-corrected chi connectivity index (χ1v) is 5.46. The number of hydrogen-bond acceptors (Lipinski definition) is 4. The van der Waals surface area contributed by atoms with E-state index in [1.165, 1.54) is 0 Å². The van der Waals surface area contributed by atoms with Gasteiger partial charge in [0.25, 0.3) is 0 Å². The molecule has 5 heteroatoms. The summed E-state index contributed by atoms with van der Waals surface area (Å²) in [6, 6.07) is 10.5. The SMILES string of the molecule is COc1ccc([S-](=O)=O)c2ccccc12.[Na+]. The normalized spacial score (nSPS) is 10.1. The number of rotatable bonds is 2. The Labute approximate surface area is 118 Å². The first kappa shape index (κ1) is 13.5. The molecule has 0 aromatic heterocycles. The van der Waals surface area contributed by atoms with E-state index in [-0.39, 0.29) is 29.6 Å². The summed E-state index contributed by atoms with van der Waals surface area (Å²) in [5.74, 6) is 0.680. The molecule has 0 saturated heterocycles. The van der Waals surface area contributed by atoms with E-state index in [9.17, 15) is 8.42 Å². The van der Waals surface area contributed by atoms with Crippen molar-refractivity contribution in [3.8, 4) is 5.75 Å². The van der Waals surface area contributed by atoms with E-state index < -0.39 is 10.7 Å². The van der Waals surface area contributed by atoms with Crippen molar-refractivity contribution in [2.75, 3.05) is 7.11 Å². The predicted octanol–water partition coefficient (Wildman–Crippen LogP) is -0.479.